The van der Waals surface area contributed by atoms with Crippen LogP contribution >= 0.6 is 126 Å². The van der Waals surface area contributed by atoms with E-state index in [0.29, 0.717) is 96.0 Å². The molecule has 4 atom stereocenters. The number of hydrogen-bond acceptors (Lipinski definition) is 19. The van der Waals surface area contributed by atoms with Gasteiger partial charge >= 0.3 is 0 Å². The number of aromatic nitrogens is 6. The lowest BCUT2D eigenvalue weighted by molar-refractivity contribution is 0.279. The molecular formula is C124H158F6N6O2S11. The van der Waals surface area contributed by atoms with E-state index < -0.39 is 48.1 Å². The summed E-state index contributed by atoms with van der Waals surface area (Å²) in [5, 5.41) is 22.4. The van der Waals surface area contributed by atoms with Gasteiger partial charge in [-0.1, -0.05) is 364 Å². The minimum absolute atomic E-state index is 0.00773. The van der Waals surface area contributed by atoms with Gasteiger partial charge in [-0.15, -0.1) is 90.7 Å². The molecule has 0 radical (unpaired) electrons. The fourth-order valence-corrected chi connectivity index (χ4v) is 33.4. The molecule has 11 heterocycles. The van der Waals surface area contributed by atoms with Crippen LogP contribution in [0.15, 0.2) is 84.9 Å². The number of hydrogen-bond donors (Lipinski definition) is 2. The molecule has 25 heteroatoms. The summed E-state index contributed by atoms with van der Waals surface area (Å²) in [6.45, 7) is 21.7. The first kappa shape index (κ1) is 116. The summed E-state index contributed by atoms with van der Waals surface area (Å²) < 4.78 is 136. The van der Waals surface area contributed by atoms with Crippen LogP contribution in [-0.4, -0.2) is 36.5 Å². The number of aliphatic hydroxyl groups is 2. The Balaban J connectivity index is 0.812. The van der Waals surface area contributed by atoms with Crippen molar-refractivity contribution in [3.63, 3.8) is 0 Å². The standard InChI is InChI=1S/C124H158F6N6O2S11/c1-11-19-27-35-39-47-55-81(51-43-31-23-15-5)67-85-73-102(140-80(85)10)123-86(68-82(52-44-32-24-16-6)56-48-40-36-28-20-12-2)74-100(144-123)108-114(129)115(130)109(121-120(108)135-149-136-121)101-75-87(69-83(53-45-33-25-17-7)57-49-41-37-29-21-13-3)124(145-101)103-76-88(70-84(54-46-34-26-18-8)58-50-42-38-30-22-14-4)122(146-103)99-66-65-98(143-99)107-113(128)112(127)106(118-119(107)134-148-133-118)97-64-62-94(142-97)92-72-89(77-137)91(71-90(92)78-138)93-61-63-96(141-93)105-111(126)110(125)104(95-60-59-79(9)139-95)116-117(105)132-147-131-116/h59-66,71-76,81-84,137-138H,11-58,67-70,77-78H2,1-10H3. The van der Waals surface area contributed by atoms with Crippen molar-refractivity contribution >= 4 is 159 Å². The molecule has 0 bridgehead atoms. The number of benzene rings is 4. The molecule has 149 heavy (non-hydrogen) atoms. The van der Waals surface area contributed by atoms with E-state index in [0.717, 1.165) is 174 Å². The van der Waals surface area contributed by atoms with Crippen LogP contribution in [0.3, 0.4) is 0 Å². The Morgan fingerprint density at radius 2 is 0.443 bits per heavy atom. The zero-order chi connectivity index (χ0) is 105. The van der Waals surface area contributed by atoms with Gasteiger partial charge in [0.05, 0.1) is 81.8 Å². The lowest BCUT2D eigenvalue weighted by Crippen LogP contribution is -2.06. The normalized spacial score (nSPS) is 12.9. The summed E-state index contributed by atoms with van der Waals surface area (Å²) in [4.78, 5) is 13.3. The first-order valence-corrected chi connectivity index (χ1v) is 65.7. The maximum atomic E-state index is 19.1. The van der Waals surface area contributed by atoms with E-state index in [1.54, 1.807) is 76.5 Å². The first-order chi connectivity index (χ1) is 72.9. The Morgan fingerprint density at radius 1 is 0.221 bits per heavy atom. The van der Waals surface area contributed by atoms with E-state index in [-0.39, 0.29) is 55.4 Å². The molecule has 8 nitrogen and oxygen atoms in total. The van der Waals surface area contributed by atoms with Crippen LogP contribution in [-0.2, 0) is 38.9 Å². The first-order valence-electron chi connectivity index (χ1n) is 57.0. The largest absolute Gasteiger partial charge is 0.392 e. The Morgan fingerprint density at radius 3 is 0.738 bits per heavy atom. The predicted octanol–water partition coefficient (Wildman–Crippen LogP) is 44.5. The molecule has 4 aromatic carbocycles. The number of aryl methyl sites for hydroxylation is 2. The maximum absolute atomic E-state index is 19.1. The summed E-state index contributed by atoms with van der Waals surface area (Å²) in [6, 6.07) is 27.6. The molecule has 0 saturated carbocycles. The smallest absolute Gasteiger partial charge is 0.170 e. The van der Waals surface area contributed by atoms with Crippen molar-refractivity contribution < 1.29 is 36.6 Å². The van der Waals surface area contributed by atoms with Gasteiger partial charge in [-0.2, -0.15) is 26.2 Å². The number of fused-ring (bicyclic) bond motifs is 3. The van der Waals surface area contributed by atoms with Gasteiger partial charge in [-0.25, -0.2) is 26.3 Å². The molecule has 2 N–H and O–H groups in total. The second-order valence-electron chi connectivity index (χ2n) is 42.4. The summed E-state index contributed by atoms with van der Waals surface area (Å²) in [7, 11) is 0. The molecule has 0 amide bonds. The molecule has 15 rings (SSSR count). The second-order valence-corrected chi connectivity index (χ2v) is 52.9. The average Bonchev–Trinajstić information content (AvgIpc) is 1.61. The van der Waals surface area contributed by atoms with Crippen LogP contribution in [0, 0.1) is 72.4 Å². The SMILES string of the molecule is CCCCCCCCC(CCCCCC)Cc1cc(-c2sc(-c3c(F)c(F)c(-c4cc(CC(CCCCCC)CCCCCCCC)c(-c5cc(CC(CCCCCC)CCCCCCCC)c(-c6ccc(-c7c(F)c(F)c(-c8ccc(-c9cc(CO)c(-c%10ccc(-c%11c(F)c(F)c(-c%12ccc(C)s%12)c%12nsnc%11%12)s%10)cc9CO)s8)c8nsnc78)s6)s5)s4)c4nsnc34)cc2CC(CCCCCC)CCCCCCCC)sc1C. The minimum atomic E-state index is -1.06. The zero-order valence-corrected chi connectivity index (χ0v) is 98.9. The zero-order valence-electron chi connectivity index (χ0n) is 89.9. The van der Waals surface area contributed by atoms with E-state index in [1.807, 2.05) is 30.4 Å². The third-order valence-electron chi connectivity index (χ3n) is 30.9. The molecular weight excluding hydrogens is 2070 g/mol. The number of thiophene rings is 8. The van der Waals surface area contributed by atoms with Crippen LogP contribution in [0.4, 0.5) is 26.3 Å². The van der Waals surface area contributed by atoms with Gasteiger partial charge in [0.2, 0.25) is 0 Å². The van der Waals surface area contributed by atoms with Crippen molar-refractivity contribution in [2.45, 2.75) is 416 Å². The Hall–Kier alpha value is -6.56. The predicted molar refractivity (Wildman–Crippen MR) is 639 cm³/mol. The molecule has 0 spiro atoms. The number of rotatable bonds is 69. The third kappa shape index (κ3) is 29.9. The fourth-order valence-electron chi connectivity index (χ4n) is 22.5. The minimum Gasteiger partial charge on any atom is -0.392 e. The summed E-state index contributed by atoms with van der Waals surface area (Å²) in [5.41, 5.74) is 9.40. The lowest BCUT2D eigenvalue weighted by Gasteiger charge is -2.18. The monoisotopic (exact) mass is 2230 g/mol. The van der Waals surface area contributed by atoms with E-state index in [4.69, 9.17) is 17.5 Å². The van der Waals surface area contributed by atoms with Crippen molar-refractivity contribution in [2.75, 3.05) is 0 Å². The average molecular weight is 2230 g/mol. The molecule has 4 unspecified atom stereocenters. The molecule has 11 aromatic heterocycles. The van der Waals surface area contributed by atoms with E-state index >= 15 is 26.3 Å². The summed E-state index contributed by atoms with van der Waals surface area (Å²) in [5.74, 6) is -4.09. The van der Waals surface area contributed by atoms with Gasteiger partial charge in [0.1, 0.15) is 33.1 Å². The quantitative estimate of drug-likeness (QED) is 0.0286. The summed E-state index contributed by atoms with van der Waals surface area (Å²) in [6.07, 6.45) is 61.5. The second kappa shape index (κ2) is 59.5. The van der Waals surface area contributed by atoms with E-state index in [2.05, 4.69) is 101 Å². The van der Waals surface area contributed by atoms with Gasteiger partial charge < -0.3 is 10.2 Å². The van der Waals surface area contributed by atoms with Crippen LogP contribution < -0.4 is 0 Å². The molecule has 0 aliphatic carbocycles. The Labute approximate surface area is 929 Å². The topological polar surface area (TPSA) is 118 Å². The third-order valence-corrected chi connectivity index (χ3v) is 42.1. The van der Waals surface area contributed by atoms with E-state index in [1.165, 1.54) is 301 Å². The molecule has 0 saturated heterocycles. The lowest BCUT2D eigenvalue weighted by atomic mass is 9.88. The highest BCUT2D eigenvalue weighted by Crippen LogP contribution is 2.56. The highest BCUT2D eigenvalue weighted by molar-refractivity contribution is 7.28. The van der Waals surface area contributed by atoms with Crippen molar-refractivity contribution in [3.05, 3.63) is 163 Å². The van der Waals surface area contributed by atoms with Gasteiger partial charge in [-0.3, -0.25) is 0 Å². The van der Waals surface area contributed by atoms with E-state index in [9.17, 15) is 10.2 Å². The van der Waals surface area contributed by atoms with Crippen LogP contribution in [0.2, 0.25) is 0 Å². The highest BCUT2D eigenvalue weighted by Gasteiger charge is 2.36. The highest BCUT2D eigenvalue weighted by atomic mass is 32.1. The number of unbranched alkanes of at least 4 members (excludes halogenated alkanes) is 32. The maximum Gasteiger partial charge on any atom is 0.170 e. The molecule has 804 valence electrons. The molecule has 0 aliphatic heterocycles. The van der Waals surface area contributed by atoms with Crippen LogP contribution in [0.5, 0.6) is 0 Å². The van der Waals surface area contributed by atoms with Crippen LogP contribution in [0.1, 0.15) is 407 Å². The van der Waals surface area contributed by atoms with Gasteiger partial charge in [0.15, 0.2) is 34.9 Å². The number of aliphatic hydroxyl groups excluding tert-OH is 2. The molecule has 0 aliphatic rings. The Kier molecular flexibility index (Phi) is 46.5. The molecule has 15 aromatic rings. The summed E-state index contributed by atoms with van der Waals surface area (Å²) >= 11 is 14.9. The fraction of sp³-hybridized carbons (Fsp3) is 0.548. The van der Waals surface area contributed by atoms with Crippen LogP contribution in [0.25, 0.3) is 146 Å². The van der Waals surface area contributed by atoms with Crippen molar-refractivity contribution in [2.24, 2.45) is 23.7 Å². The van der Waals surface area contributed by atoms with Gasteiger partial charge in [0.25, 0.3) is 0 Å². The van der Waals surface area contributed by atoms with Gasteiger partial charge in [0, 0.05) is 78.0 Å². The Bertz CT molecular complexity index is 6680. The van der Waals surface area contributed by atoms with Crippen molar-refractivity contribution in [1.29, 1.82) is 0 Å². The number of nitrogens with zero attached hydrogens (tertiary/aromatic N) is 6. The van der Waals surface area contributed by atoms with Gasteiger partial charge in [-0.05, 0) is 193 Å². The van der Waals surface area contributed by atoms with Crippen molar-refractivity contribution in [3.8, 4) is 113 Å². The molecule has 0 fully saturated rings. The van der Waals surface area contributed by atoms with Crippen molar-refractivity contribution in [1.82, 2.24) is 26.2 Å². The number of halogens is 6.